The van der Waals surface area contributed by atoms with Gasteiger partial charge in [0.15, 0.2) is 5.76 Å². The van der Waals surface area contributed by atoms with Gasteiger partial charge in [-0.2, -0.15) is 5.10 Å². The van der Waals surface area contributed by atoms with Crippen molar-refractivity contribution in [2.24, 2.45) is 0 Å². The number of aromatic nitrogens is 2. The topological polar surface area (TPSA) is 69.3 Å². The average Bonchev–Trinajstić information content (AvgIpc) is 3.22. The number of hydrogen-bond acceptors (Lipinski definition) is 4. The first-order valence-corrected chi connectivity index (χ1v) is 8.17. The summed E-state index contributed by atoms with van der Waals surface area (Å²) < 4.78 is 12.1. The van der Waals surface area contributed by atoms with Crippen LogP contribution in [0.2, 0.25) is 5.02 Å². The van der Waals surface area contributed by atoms with Gasteiger partial charge in [0, 0.05) is 19.7 Å². The van der Waals surface area contributed by atoms with Crippen molar-refractivity contribution in [2.75, 3.05) is 20.3 Å². The number of aryl methyl sites for hydroxylation is 1. The molecule has 3 rings (SSSR count). The van der Waals surface area contributed by atoms with Crippen molar-refractivity contribution in [1.82, 2.24) is 15.1 Å². The lowest BCUT2D eigenvalue weighted by atomic mass is 10.2. The van der Waals surface area contributed by atoms with E-state index in [4.69, 9.17) is 20.8 Å². The second-order valence-electron chi connectivity index (χ2n) is 5.44. The number of halogens is 1. The molecule has 2 heterocycles. The Balaban J connectivity index is 2.03. The molecule has 0 bridgehead atoms. The highest BCUT2D eigenvalue weighted by molar-refractivity contribution is 6.32. The van der Waals surface area contributed by atoms with Gasteiger partial charge in [-0.3, -0.25) is 4.79 Å². The molecule has 0 saturated carbocycles. The van der Waals surface area contributed by atoms with Crippen molar-refractivity contribution in [2.45, 2.75) is 6.92 Å². The van der Waals surface area contributed by atoms with Crippen LogP contribution in [0.4, 0.5) is 0 Å². The van der Waals surface area contributed by atoms with Gasteiger partial charge in [-0.25, -0.2) is 4.68 Å². The number of para-hydroxylation sites is 1. The minimum Gasteiger partial charge on any atom is -0.460 e. The normalized spacial score (nSPS) is 10.8. The van der Waals surface area contributed by atoms with Crippen LogP contribution in [0.5, 0.6) is 0 Å². The van der Waals surface area contributed by atoms with E-state index in [-0.39, 0.29) is 5.91 Å². The van der Waals surface area contributed by atoms with E-state index in [0.717, 1.165) is 5.76 Å². The lowest BCUT2D eigenvalue weighted by Gasteiger charge is -2.09. The third-order valence-electron chi connectivity index (χ3n) is 3.61. The predicted molar refractivity (Wildman–Crippen MR) is 95.2 cm³/mol. The highest BCUT2D eigenvalue weighted by Crippen LogP contribution is 2.26. The van der Waals surface area contributed by atoms with Gasteiger partial charge in [0.25, 0.3) is 5.91 Å². The number of rotatable bonds is 6. The van der Waals surface area contributed by atoms with Crippen LogP contribution in [0.15, 0.2) is 46.9 Å². The van der Waals surface area contributed by atoms with Gasteiger partial charge < -0.3 is 14.5 Å². The molecule has 1 amide bonds. The second-order valence-corrected chi connectivity index (χ2v) is 5.84. The zero-order chi connectivity index (χ0) is 17.8. The molecule has 1 aromatic carbocycles. The number of carbonyl (C=O) groups is 1. The molecule has 1 N–H and O–H groups in total. The first-order chi connectivity index (χ1) is 12.1. The first kappa shape index (κ1) is 17.3. The number of nitrogens with one attached hydrogen (secondary N) is 1. The fraction of sp³-hybridized carbons (Fsp3) is 0.222. The molecule has 0 radical (unpaired) electrons. The fourth-order valence-corrected chi connectivity index (χ4v) is 2.62. The summed E-state index contributed by atoms with van der Waals surface area (Å²) in [4.78, 5) is 12.6. The Kier molecular flexibility index (Phi) is 5.21. The summed E-state index contributed by atoms with van der Waals surface area (Å²) in [5.41, 5.74) is 1.55. The molecular weight excluding hydrogens is 342 g/mol. The number of carbonyl (C=O) groups excluding carboxylic acids is 1. The standard InChI is InChI=1S/C18H18ClN3O3/c1-12-7-8-17(25-12)14-11-16(18(23)20-9-10-24-2)22(21-14)15-6-4-3-5-13(15)19/h3-8,11H,9-10H2,1-2H3,(H,20,23). The van der Waals surface area contributed by atoms with Gasteiger partial charge in [0.05, 0.1) is 17.3 Å². The van der Waals surface area contributed by atoms with E-state index >= 15 is 0 Å². The maximum atomic E-state index is 12.6. The number of methoxy groups -OCH3 is 1. The van der Waals surface area contributed by atoms with Crippen LogP contribution < -0.4 is 5.32 Å². The molecule has 0 spiro atoms. The Bertz CT molecular complexity index is 885. The van der Waals surface area contributed by atoms with E-state index in [9.17, 15) is 4.79 Å². The number of benzene rings is 1. The Morgan fingerprint density at radius 1 is 1.32 bits per heavy atom. The van der Waals surface area contributed by atoms with Gasteiger partial charge in [-0.05, 0) is 31.2 Å². The van der Waals surface area contributed by atoms with Gasteiger partial charge in [0.2, 0.25) is 0 Å². The summed E-state index contributed by atoms with van der Waals surface area (Å²) in [7, 11) is 1.58. The van der Waals surface area contributed by atoms with Crippen molar-refractivity contribution < 1.29 is 13.9 Å². The maximum absolute atomic E-state index is 12.6. The monoisotopic (exact) mass is 359 g/mol. The summed E-state index contributed by atoms with van der Waals surface area (Å²) in [6.45, 7) is 2.68. The van der Waals surface area contributed by atoms with Crippen LogP contribution in [0.1, 0.15) is 16.2 Å². The van der Waals surface area contributed by atoms with Crippen LogP contribution >= 0.6 is 11.6 Å². The molecule has 0 aliphatic carbocycles. The summed E-state index contributed by atoms with van der Waals surface area (Å²) in [6, 6.07) is 12.6. The summed E-state index contributed by atoms with van der Waals surface area (Å²) in [6.07, 6.45) is 0. The molecular formula is C18H18ClN3O3. The largest absolute Gasteiger partial charge is 0.460 e. The van der Waals surface area contributed by atoms with Gasteiger partial charge in [0.1, 0.15) is 17.1 Å². The van der Waals surface area contributed by atoms with Crippen LogP contribution in [-0.4, -0.2) is 35.9 Å². The van der Waals surface area contributed by atoms with Crippen LogP contribution in [0.3, 0.4) is 0 Å². The van der Waals surface area contributed by atoms with E-state index < -0.39 is 0 Å². The van der Waals surface area contributed by atoms with E-state index in [1.165, 1.54) is 4.68 Å². The van der Waals surface area contributed by atoms with E-state index in [0.29, 0.717) is 41.0 Å². The second kappa shape index (κ2) is 7.55. The molecule has 0 atom stereocenters. The van der Waals surface area contributed by atoms with Gasteiger partial charge in [-0.1, -0.05) is 23.7 Å². The van der Waals surface area contributed by atoms with Crippen LogP contribution in [-0.2, 0) is 4.74 Å². The third-order valence-corrected chi connectivity index (χ3v) is 3.93. The van der Waals surface area contributed by atoms with Crippen molar-refractivity contribution in [3.8, 4) is 17.1 Å². The molecule has 0 saturated heterocycles. The smallest absolute Gasteiger partial charge is 0.270 e. The lowest BCUT2D eigenvalue weighted by molar-refractivity contribution is 0.0929. The molecule has 130 valence electrons. The number of amides is 1. The molecule has 25 heavy (non-hydrogen) atoms. The molecule has 0 aliphatic heterocycles. The molecule has 2 aromatic heterocycles. The van der Waals surface area contributed by atoms with Crippen molar-refractivity contribution in [3.63, 3.8) is 0 Å². The van der Waals surface area contributed by atoms with E-state index in [2.05, 4.69) is 10.4 Å². The minimum atomic E-state index is -0.265. The highest BCUT2D eigenvalue weighted by atomic mass is 35.5. The Hall–Kier alpha value is -2.57. The Morgan fingerprint density at radius 3 is 2.80 bits per heavy atom. The fourth-order valence-electron chi connectivity index (χ4n) is 2.40. The van der Waals surface area contributed by atoms with Crippen molar-refractivity contribution in [1.29, 1.82) is 0 Å². The third kappa shape index (κ3) is 3.75. The zero-order valence-corrected chi connectivity index (χ0v) is 14.7. The van der Waals surface area contributed by atoms with Crippen LogP contribution in [0.25, 0.3) is 17.1 Å². The lowest BCUT2D eigenvalue weighted by Crippen LogP contribution is -2.28. The molecule has 0 aliphatic rings. The highest BCUT2D eigenvalue weighted by Gasteiger charge is 2.20. The molecule has 0 fully saturated rings. The Morgan fingerprint density at radius 2 is 2.12 bits per heavy atom. The predicted octanol–water partition coefficient (Wildman–Crippen LogP) is 3.47. The quantitative estimate of drug-likeness (QED) is 0.684. The van der Waals surface area contributed by atoms with Gasteiger partial charge in [-0.15, -0.1) is 0 Å². The SMILES string of the molecule is COCCNC(=O)c1cc(-c2ccc(C)o2)nn1-c1ccccc1Cl. The first-order valence-electron chi connectivity index (χ1n) is 7.79. The van der Waals surface area contributed by atoms with E-state index in [1.54, 1.807) is 25.3 Å². The maximum Gasteiger partial charge on any atom is 0.270 e. The average molecular weight is 360 g/mol. The zero-order valence-electron chi connectivity index (χ0n) is 14.0. The number of nitrogens with zero attached hydrogens (tertiary/aromatic N) is 2. The number of hydrogen-bond donors (Lipinski definition) is 1. The molecule has 7 heteroatoms. The van der Waals surface area contributed by atoms with Crippen molar-refractivity contribution >= 4 is 17.5 Å². The number of ether oxygens (including phenoxy) is 1. The van der Waals surface area contributed by atoms with Crippen LogP contribution in [0, 0.1) is 6.92 Å². The summed E-state index contributed by atoms with van der Waals surface area (Å²) in [5.74, 6) is 1.10. The summed E-state index contributed by atoms with van der Waals surface area (Å²) >= 11 is 6.29. The molecule has 3 aromatic rings. The van der Waals surface area contributed by atoms with Gasteiger partial charge >= 0.3 is 0 Å². The molecule has 0 unspecified atom stereocenters. The Labute approximate surface area is 150 Å². The van der Waals surface area contributed by atoms with E-state index in [1.807, 2.05) is 31.2 Å². The summed E-state index contributed by atoms with van der Waals surface area (Å²) in [5, 5.41) is 7.82. The number of furan rings is 1. The minimum absolute atomic E-state index is 0.265. The molecule has 6 nitrogen and oxygen atoms in total. The van der Waals surface area contributed by atoms with Crippen molar-refractivity contribution in [3.05, 3.63) is 58.9 Å².